The summed E-state index contributed by atoms with van der Waals surface area (Å²) in [5, 5.41) is 6.87. The number of rotatable bonds is 5. The molecule has 0 aliphatic rings. The second kappa shape index (κ2) is 10.6. The number of fused-ring (bicyclic) bond motifs is 1. The Hall–Kier alpha value is -3.91. The molecule has 0 spiro atoms. The Morgan fingerprint density at radius 2 is 1.76 bits per heavy atom. The first-order valence-electron chi connectivity index (χ1n) is 11.2. The molecule has 2 aromatic heterocycles. The van der Waals surface area contributed by atoms with Crippen molar-refractivity contribution in [3.63, 3.8) is 0 Å². The molecule has 184 valence electrons. The highest BCUT2D eigenvalue weighted by atomic mass is 35.5. The highest BCUT2D eigenvalue weighted by molar-refractivity contribution is 7.80. The molecule has 0 saturated carbocycles. The molecule has 0 bridgehead atoms. The average molecular weight is 548 g/mol. The molecule has 37 heavy (non-hydrogen) atoms. The van der Waals surface area contributed by atoms with E-state index in [2.05, 4.69) is 15.6 Å². The summed E-state index contributed by atoms with van der Waals surface area (Å²) < 4.78 is 11.7. The fourth-order valence-corrected chi connectivity index (χ4v) is 4.49. The van der Waals surface area contributed by atoms with Crippen molar-refractivity contribution >= 4 is 69.3 Å². The number of carbonyl (C=O) groups excluding carboxylic acids is 1. The van der Waals surface area contributed by atoms with Crippen LogP contribution in [0, 0.1) is 6.92 Å². The van der Waals surface area contributed by atoms with Crippen LogP contribution in [0.5, 0.6) is 0 Å². The van der Waals surface area contributed by atoms with E-state index in [1.165, 1.54) is 6.08 Å². The van der Waals surface area contributed by atoms with Gasteiger partial charge in [0.05, 0.1) is 0 Å². The highest BCUT2D eigenvalue weighted by Gasteiger charge is 2.14. The quantitative estimate of drug-likeness (QED) is 0.172. The summed E-state index contributed by atoms with van der Waals surface area (Å²) in [5.41, 5.74) is 4.66. The Bertz CT molecular complexity index is 1620. The van der Waals surface area contributed by atoms with E-state index in [0.29, 0.717) is 33.0 Å². The lowest BCUT2D eigenvalue weighted by Gasteiger charge is -2.12. The third kappa shape index (κ3) is 5.75. The summed E-state index contributed by atoms with van der Waals surface area (Å²) in [5.74, 6) is 1.17. The standard InChI is InChI=1S/C28H19Cl2N3O3S/c1-16-21(27-31-23-6-2-3-8-25(23)36-27)5-4-7-22(16)32-28(37)33-26(34)12-10-20-9-11-24(35-20)17-13-18(29)15-19(30)14-17/h2-15H,1H3,(H2,32,33,34,37)/b12-10+. The van der Waals surface area contributed by atoms with E-state index >= 15 is 0 Å². The number of carbonyl (C=O) groups is 1. The lowest BCUT2D eigenvalue weighted by Crippen LogP contribution is -2.33. The summed E-state index contributed by atoms with van der Waals surface area (Å²) in [4.78, 5) is 17.0. The number of nitrogens with one attached hydrogen (secondary N) is 2. The minimum absolute atomic E-state index is 0.154. The van der Waals surface area contributed by atoms with Gasteiger partial charge in [0.25, 0.3) is 0 Å². The van der Waals surface area contributed by atoms with Crippen LogP contribution in [0.15, 0.2) is 87.7 Å². The van der Waals surface area contributed by atoms with Gasteiger partial charge in [-0.15, -0.1) is 0 Å². The number of aromatic nitrogens is 1. The molecule has 0 aliphatic heterocycles. The first kappa shape index (κ1) is 24.8. The van der Waals surface area contributed by atoms with Crippen LogP contribution in [0.1, 0.15) is 11.3 Å². The van der Waals surface area contributed by atoms with Crippen molar-refractivity contribution in [3.8, 4) is 22.8 Å². The molecule has 9 heteroatoms. The first-order chi connectivity index (χ1) is 17.9. The Labute approximate surface area is 227 Å². The van der Waals surface area contributed by atoms with Gasteiger partial charge in [-0.1, -0.05) is 41.4 Å². The molecule has 2 N–H and O–H groups in total. The summed E-state index contributed by atoms with van der Waals surface area (Å²) in [7, 11) is 0. The van der Waals surface area contributed by atoms with Crippen LogP contribution in [-0.2, 0) is 4.79 Å². The van der Waals surface area contributed by atoms with Crippen molar-refractivity contribution in [2.24, 2.45) is 0 Å². The van der Waals surface area contributed by atoms with Crippen molar-refractivity contribution in [1.29, 1.82) is 0 Å². The molecule has 6 nitrogen and oxygen atoms in total. The van der Waals surface area contributed by atoms with Gasteiger partial charge in [-0.3, -0.25) is 10.1 Å². The molecule has 1 amide bonds. The third-order valence-corrected chi connectivity index (χ3v) is 6.16. The summed E-state index contributed by atoms with van der Waals surface area (Å²) in [6.45, 7) is 1.93. The number of furan rings is 1. The topological polar surface area (TPSA) is 80.3 Å². The predicted octanol–water partition coefficient (Wildman–Crippen LogP) is 7.90. The zero-order chi connectivity index (χ0) is 25.9. The number of thiocarbonyl (C=S) groups is 1. The first-order valence-corrected chi connectivity index (χ1v) is 12.3. The number of halogens is 2. The Balaban J connectivity index is 1.23. The largest absolute Gasteiger partial charge is 0.457 e. The summed E-state index contributed by atoms with van der Waals surface area (Å²) in [6.07, 6.45) is 2.88. The minimum atomic E-state index is -0.408. The normalized spacial score (nSPS) is 11.2. The third-order valence-electron chi connectivity index (χ3n) is 5.52. The fraction of sp³-hybridized carbons (Fsp3) is 0.0357. The zero-order valence-electron chi connectivity index (χ0n) is 19.4. The van der Waals surface area contributed by atoms with E-state index in [1.807, 2.05) is 49.4 Å². The predicted molar refractivity (Wildman–Crippen MR) is 152 cm³/mol. The number of para-hydroxylation sites is 2. The monoisotopic (exact) mass is 547 g/mol. The van der Waals surface area contributed by atoms with Crippen molar-refractivity contribution in [3.05, 3.63) is 100 Å². The maximum atomic E-state index is 12.4. The number of anilines is 1. The van der Waals surface area contributed by atoms with E-state index in [0.717, 1.165) is 27.9 Å². The Morgan fingerprint density at radius 3 is 2.54 bits per heavy atom. The molecular weight excluding hydrogens is 529 g/mol. The van der Waals surface area contributed by atoms with Gasteiger partial charge < -0.3 is 14.2 Å². The van der Waals surface area contributed by atoms with E-state index in [1.54, 1.807) is 36.4 Å². The number of oxazole rings is 1. The Morgan fingerprint density at radius 1 is 0.973 bits per heavy atom. The molecule has 0 saturated heterocycles. The van der Waals surface area contributed by atoms with E-state index in [-0.39, 0.29) is 5.11 Å². The van der Waals surface area contributed by atoms with Crippen molar-refractivity contribution < 1.29 is 13.6 Å². The van der Waals surface area contributed by atoms with Crippen LogP contribution in [0.3, 0.4) is 0 Å². The maximum Gasteiger partial charge on any atom is 0.250 e. The highest BCUT2D eigenvalue weighted by Crippen LogP contribution is 2.31. The summed E-state index contributed by atoms with van der Waals surface area (Å²) >= 11 is 17.5. The number of hydrogen-bond acceptors (Lipinski definition) is 5. The molecule has 0 aliphatic carbocycles. The van der Waals surface area contributed by atoms with E-state index < -0.39 is 5.91 Å². The second-order valence-electron chi connectivity index (χ2n) is 8.10. The number of hydrogen-bond donors (Lipinski definition) is 2. The van der Waals surface area contributed by atoms with Crippen molar-refractivity contribution in [2.45, 2.75) is 6.92 Å². The lowest BCUT2D eigenvalue weighted by atomic mass is 10.1. The van der Waals surface area contributed by atoms with Crippen LogP contribution >= 0.6 is 35.4 Å². The van der Waals surface area contributed by atoms with Gasteiger partial charge in [0.1, 0.15) is 17.0 Å². The van der Waals surface area contributed by atoms with Crippen LogP contribution in [0.4, 0.5) is 5.69 Å². The number of amides is 1. The zero-order valence-corrected chi connectivity index (χ0v) is 21.7. The molecule has 0 atom stereocenters. The maximum absolute atomic E-state index is 12.4. The van der Waals surface area contributed by atoms with Gasteiger partial charge in [0, 0.05) is 32.9 Å². The van der Waals surface area contributed by atoms with Crippen molar-refractivity contribution in [1.82, 2.24) is 10.3 Å². The molecule has 3 aromatic carbocycles. The number of nitrogens with zero attached hydrogens (tertiary/aromatic N) is 1. The van der Waals surface area contributed by atoms with Crippen molar-refractivity contribution in [2.75, 3.05) is 5.32 Å². The molecule has 5 rings (SSSR count). The van der Waals surface area contributed by atoms with Gasteiger partial charge in [-0.2, -0.15) is 0 Å². The smallest absolute Gasteiger partial charge is 0.250 e. The molecule has 0 radical (unpaired) electrons. The second-order valence-corrected chi connectivity index (χ2v) is 9.38. The minimum Gasteiger partial charge on any atom is -0.457 e. The number of benzene rings is 3. The SMILES string of the molecule is Cc1c(NC(=S)NC(=O)/C=C/c2ccc(-c3cc(Cl)cc(Cl)c3)o2)cccc1-c1nc2ccccc2o1. The summed E-state index contributed by atoms with van der Waals surface area (Å²) in [6, 6.07) is 21.9. The molecular formula is C28H19Cl2N3O3S. The van der Waals surface area contributed by atoms with Gasteiger partial charge in [0.2, 0.25) is 11.8 Å². The lowest BCUT2D eigenvalue weighted by molar-refractivity contribution is -0.115. The van der Waals surface area contributed by atoms with Gasteiger partial charge in [-0.25, -0.2) is 4.98 Å². The van der Waals surface area contributed by atoms with Crippen LogP contribution < -0.4 is 10.6 Å². The Kier molecular flexibility index (Phi) is 7.10. The molecule has 0 fully saturated rings. The van der Waals surface area contributed by atoms with E-state index in [4.69, 9.17) is 44.3 Å². The molecule has 5 aromatic rings. The van der Waals surface area contributed by atoms with Crippen LogP contribution in [0.2, 0.25) is 10.0 Å². The average Bonchev–Trinajstić information content (AvgIpc) is 3.51. The van der Waals surface area contributed by atoms with Gasteiger partial charge >= 0.3 is 0 Å². The van der Waals surface area contributed by atoms with Gasteiger partial charge in [-0.05, 0) is 85.4 Å². The fourth-order valence-electron chi connectivity index (χ4n) is 3.75. The van der Waals surface area contributed by atoms with E-state index in [9.17, 15) is 4.79 Å². The molecule has 0 unspecified atom stereocenters. The van der Waals surface area contributed by atoms with Gasteiger partial charge in [0.15, 0.2) is 10.7 Å². The van der Waals surface area contributed by atoms with Crippen LogP contribution in [-0.4, -0.2) is 16.0 Å². The van der Waals surface area contributed by atoms with Crippen LogP contribution in [0.25, 0.3) is 40.0 Å². The molecule has 2 heterocycles.